The standard InChI is InChI=1S/C25H26N4O7/c1-15(16-2-3-19-20(10-16)36-14-35-19)26-23(30)13-29-18-12-22-21(33-8-9-34-22)11-17(18)27-24(25(29)31)28-4-6-32-7-5-28/h2-3,10-12,15H,4-9,13-14H2,1H3,(H,26,30). The largest absolute Gasteiger partial charge is 0.486 e. The Morgan fingerprint density at radius 1 is 0.972 bits per heavy atom. The summed E-state index contributed by atoms with van der Waals surface area (Å²) in [5.41, 5.74) is 1.59. The van der Waals surface area contributed by atoms with Crippen LogP contribution in [0.15, 0.2) is 35.1 Å². The van der Waals surface area contributed by atoms with Gasteiger partial charge in [-0.05, 0) is 24.6 Å². The highest BCUT2D eigenvalue weighted by atomic mass is 16.7. The average molecular weight is 495 g/mol. The first-order valence-electron chi connectivity index (χ1n) is 11.9. The molecule has 3 aliphatic rings. The Bertz CT molecular complexity index is 1380. The second kappa shape index (κ2) is 9.23. The molecule has 1 unspecified atom stereocenters. The third-order valence-corrected chi connectivity index (χ3v) is 6.48. The molecule has 11 heteroatoms. The fourth-order valence-electron chi connectivity index (χ4n) is 4.60. The highest BCUT2D eigenvalue weighted by Gasteiger charge is 2.24. The zero-order valence-electron chi connectivity index (χ0n) is 19.8. The molecule has 0 spiro atoms. The molecule has 1 aromatic heterocycles. The van der Waals surface area contributed by atoms with E-state index in [2.05, 4.69) is 10.3 Å². The maximum Gasteiger partial charge on any atom is 0.294 e. The monoisotopic (exact) mass is 494 g/mol. The molecular formula is C25H26N4O7. The molecule has 11 nitrogen and oxygen atoms in total. The molecule has 1 saturated heterocycles. The van der Waals surface area contributed by atoms with Crippen molar-refractivity contribution in [2.24, 2.45) is 0 Å². The second-order valence-corrected chi connectivity index (χ2v) is 8.81. The topological polar surface area (TPSA) is 113 Å². The van der Waals surface area contributed by atoms with Gasteiger partial charge in [0.25, 0.3) is 5.56 Å². The van der Waals surface area contributed by atoms with Crippen LogP contribution in [0.4, 0.5) is 5.82 Å². The van der Waals surface area contributed by atoms with Crippen molar-refractivity contribution in [1.82, 2.24) is 14.9 Å². The second-order valence-electron chi connectivity index (χ2n) is 8.81. The number of aromatic nitrogens is 2. The molecule has 0 saturated carbocycles. The van der Waals surface area contributed by atoms with Crippen LogP contribution in [-0.2, 0) is 16.1 Å². The minimum absolute atomic E-state index is 0.177. The van der Waals surface area contributed by atoms with Gasteiger partial charge in [0.1, 0.15) is 19.8 Å². The maximum atomic E-state index is 13.6. The Morgan fingerprint density at radius 3 is 2.50 bits per heavy atom. The Kier molecular flexibility index (Phi) is 5.76. The van der Waals surface area contributed by atoms with Crippen LogP contribution in [0, 0.1) is 0 Å². The summed E-state index contributed by atoms with van der Waals surface area (Å²) in [6, 6.07) is 8.72. The molecule has 36 heavy (non-hydrogen) atoms. The van der Waals surface area contributed by atoms with Gasteiger partial charge in [-0.3, -0.25) is 14.2 Å². The van der Waals surface area contributed by atoms with Crippen molar-refractivity contribution in [3.8, 4) is 23.0 Å². The summed E-state index contributed by atoms with van der Waals surface area (Å²) in [7, 11) is 0. The van der Waals surface area contributed by atoms with E-state index in [4.69, 9.17) is 23.7 Å². The first kappa shape index (κ1) is 22.5. The number of rotatable bonds is 5. The predicted octanol–water partition coefficient (Wildman–Crippen LogP) is 1.61. The van der Waals surface area contributed by atoms with E-state index in [0.29, 0.717) is 79.4 Å². The summed E-state index contributed by atoms with van der Waals surface area (Å²) in [6.07, 6.45) is 0. The number of benzene rings is 2. The number of nitrogens with one attached hydrogen (secondary N) is 1. The van der Waals surface area contributed by atoms with Crippen LogP contribution in [0.3, 0.4) is 0 Å². The van der Waals surface area contributed by atoms with Gasteiger partial charge < -0.3 is 33.9 Å². The smallest absolute Gasteiger partial charge is 0.294 e. The van der Waals surface area contributed by atoms with E-state index in [-0.39, 0.29) is 30.8 Å². The number of amides is 1. The van der Waals surface area contributed by atoms with Gasteiger partial charge in [0, 0.05) is 25.2 Å². The number of carbonyl (C=O) groups is 1. The summed E-state index contributed by atoms with van der Waals surface area (Å²) in [5, 5.41) is 2.98. The first-order valence-corrected chi connectivity index (χ1v) is 11.9. The highest BCUT2D eigenvalue weighted by molar-refractivity contribution is 5.84. The predicted molar refractivity (Wildman–Crippen MR) is 129 cm³/mol. The summed E-state index contributed by atoms with van der Waals surface area (Å²) in [4.78, 5) is 33.3. The Morgan fingerprint density at radius 2 is 1.69 bits per heavy atom. The lowest BCUT2D eigenvalue weighted by atomic mass is 10.1. The van der Waals surface area contributed by atoms with E-state index >= 15 is 0 Å². The minimum Gasteiger partial charge on any atom is -0.486 e. The van der Waals surface area contributed by atoms with Crippen LogP contribution >= 0.6 is 0 Å². The molecule has 188 valence electrons. The zero-order chi connectivity index (χ0) is 24.6. The van der Waals surface area contributed by atoms with E-state index in [1.165, 1.54) is 4.57 Å². The Balaban J connectivity index is 1.33. The average Bonchev–Trinajstić information content (AvgIpc) is 3.38. The summed E-state index contributed by atoms with van der Waals surface area (Å²) < 4.78 is 29.1. The lowest BCUT2D eigenvalue weighted by molar-refractivity contribution is -0.122. The molecular weight excluding hydrogens is 468 g/mol. The van der Waals surface area contributed by atoms with Crippen molar-refractivity contribution < 1.29 is 28.5 Å². The zero-order valence-corrected chi connectivity index (χ0v) is 19.8. The van der Waals surface area contributed by atoms with Gasteiger partial charge in [0.05, 0.1) is 30.3 Å². The van der Waals surface area contributed by atoms with E-state index in [1.807, 2.05) is 30.0 Å². The quantitative estimate of drug-likeness (QED) is 0.565. The molecule has 6 rings (SSSR count). The maximum absolute atomic E-state index is 13.6. The third kappa shape index (κ3) is 4.15. The lowest BCUT2D eigenvalue weighted by Crippen LogP contribution is -2.42. The molecule has 1 fully saturated rings. The molecule has 3 aliphatic heterocycles. The fraction of sp³-hybridized carbons (Fsp3) is 0.400. The van der Waals surface area contributed by atoms with Gasteiger partial charge in [-0.25, -0.2) is 4.98 Å². The number of hydrogen-bond acceptors (Lipinski definition) is 9. The molecule has 2 aromatic carbocycles. The van der Waals surface area contributed by atoms with E-state index in [1.54, 1.807) is 12.1 Å². The number of carbonyl (C=O) groups excluding carboxylic acids is 1. The third-order valence-electron chi connectivity index (χ3n) is 6.48. The molecule has 0 aliphatic carbocycles. The Labute approximate surface area is 206 Å². The summed E-state index contributed by atoms with van der Waals surface area (Å²) in [6.45, 7) is 4.85. The molecule has 1 atom stereocenters. The van der Waals surface area contributed by atoms with Gasteiger partial charge >= 0.3 is 0 Å². The van der Waals surface area contributed by atoms with E-state index in [9.17, 15) is 9.59 Å². The minimum atomic E-state index is -0.341. The van der Waals surface area contributed by atoms with Gasteiger partial charge in [-0.2, -0.15) is 0 Å². The van der Waals surface area contributed by atoms with Crippen LogP contribution in [0.2, 0.25) is 0 Å². The van der Waals surface area contributed by atoms with Crippen LogP contribution in [0.25, 0.3) is 11.0 Å². The van der Waals surface area contributed by atoms with Crippen molar-refractivity contribution in [3.05, 3.63) is 46.2 Å². The molecule has 0 bridgehead atoms. The van der Waals surface area contributed by atoms with Crippen LogP contribution < -0.4 is 34.7 Å². The van der Waals surface area contributed by atoms with Crippen molar-refractivity contribution in [1.29, 1.82) is 0 Å². The SMILES string of the molecule is CC(NC(=O)Cn1c(=O)c(N2CCOCC2)nc2cc3c(cc21)OCCO3)c1ccc2c(c1)OCO2. The number of fused-ring (bicyclic) bond motifs is 3. The first-order chi connectivity index (χ1) is 17.6. The van der Waals surface area contributed by atoms with Crippen molar-refractivity contribution in [2.75, 3.05) is 51.2 Å². The number of morpholine rings is 1. The summed E-state index contributed by atoms with van der Waals surface area (Å²) in [5.74, 6) is 2.40. The number of anilines is 1. The van der Waals surface area contributed by atoms with Crippen molar-refractivity contribution in [2.45, 2.75) is 19.5 Å². The van der Waals surface area contributed by atoms with Crippen LogP contribution in [-0.4, -0.2) is 61.8 Å². The number of nitrogens with zero attached hydrogens (tertiary/aromatic N) is 3. The number of hydrogen-bond donors (Lipinski definition) is 1. The molecule has 4 heterocycles. The molecule has 1 N–H and O–H groups in total. The van der Waals surface area contributed by atoms with Crippen molar-refractivity contribution >= 4 is 22.8 Å². The van der Waals surface area contributed by atoms with Gasteiger partial charge in [-0.15, -0.1) is 0 Å². The van der Waals surface area contributed by atoms with Gasteiger partial charge in [-0.1, -0.05) is 6.07 Å². The van der Waals surface area contributed by atoms with Crippen LogP contribution in [0.5, 0.6) is 23.0 Å². The Hall–Kier alpha value is -3.99. The number of ether oxygens (including phenoxy) is 5. The normalized spacial score (nSPS) is 17.2. The molecule has 3 aromatic rings. The fourth-order valence-corrected chi connectivity index (χ4v) is 4.60. The van der Waals surface area contributed by atoms with Gasteiger partial charge in [0.2, 0.25) is 12.7 Å². The van der Waals surface area contributed by atoms with Gasteiger partial charge in [0.15, 0.2) is 28.8 Å². The molecule has 1 amide bonds. The van der Waals surface area contributed by atoms with Crippen molar-refractivity contribution in [3.63, 3.8) is 0 Å². The van der Waals surface area contributed by atoms with Crippen LogP contribution in [0.1, 0.15) is 18.5 Å². The lowest BCUT2D eigenvalue weighted by Gasteiger charge is -2.28. The highest BCUT2D eigenvalue weighted by Crippen LogP contribution is 2.35. The molecule has 0 radical (unpaired) electrons. The van der Waals surface area contributed by atoms with E-state index < -0.39 is 0 Å². The summed E-state index contributed by atoms with van der Waals surface area (Å²) >= 11 is 0. The van der Waals surface area contributed by atoms with E-state index in [0.717, 1.165) is 5.56 Å².